The third kappa shape index (κ3) is 15.2. The smallest absolute Gasteiger partial charge is 0.294 e. The van der Waals surface area contributed by atoms with Gasteiger partial charge in [-0.3, -0.25) is 24.0 Å². The number of nitrogens with zero attached hydrogens (tertiary/aromatic N) is 2. The van der Waals surface area contributed by atoms with Crippen LogP contribution in [-0.2, 0) is 30.2 Å². The van der Waals surface area contributed by atoms with Crippen LogP contribution in [0.3, 0.4) is 0 Å². The Balaban J connectivity index is 0.000000162. The van der Waals surface area contributed by atoms with Gasteiger partial charge in [0.2, 0.25) is 0 Å². The van der Waals surface area contributed by atoms with Crippen LogP contribution in [0.1, 0.15) is 11.1 Å². The van der Waals surface area contributed by atoms with Gasteiger partial charge in [-0.25, -0.2) is 16.8 Å². The van der Waals surface area contributed by atoms with Gasteiger partial charge in [-0.05, 0) is 145 Å². The number of rotatable bonds is 18. The fourth-order valence-electron chi connectivity index (χ4n) is 9.57. The second-order valence-electron chi connectivity index (χ2n) is 20.2. The lowest BCUT2D eigenvalue weighted by Gasteiger charge is -2.15. The van der Waals surface area contributed by atoms with Gasteiger partial charge in [0.25, 0.3) is 30.2 Å². The second-order valence-corrected chi connectivity index (χ2v) is 24.9. The van der Waals surface area contributed by atoms with Gasteiger partial charge in [-0.15, -0.1) is 0 Å². The van der Waals surface area contributed by atoms with Crippen LogP contribution < -0.4 is 42.6 Å². The van der Waals surface area contributed by atoms with Crippen LogP contribution in [0.5, 0.6) is 57.5 Å². The summed E-state index contributed by atoms with van der Waals surface area (Å²) >= 11 is 0. The molecule has 0 aliphatic carbocycles. The highest BCUT2D eigenvalue weighted by Crippen LogP contribution is 2.40. The molecule has 0 bridgehead atoms. The van der Waals surface area contributed by atoms with E-state index in [1.165, 1.54) is 24.3 Å². The van der Waals surface area contributed by atoms with Crippen LogP contribution >= 0.6 is 0 Å². The molecule has 21 heteroatoms. The van der Waals surface area contributed by atoms with Gasteiger partial charge in [0.1, 0.15) is 34.5 Å². The molecule has 0 spiro atoms. The molecule has 10 aromatic carbocycles. The number of pyridine rings is 2. The van der Waals surface area contributed by atoms with Gasteiger partial charge in [0, 0.05) is 46.8 Å². The minimum Gasteiger partial charge on any atom is -0.493 e. The molecule has 12 rings (SSSR count). The molecule has 0 saturated carbocycles. The van der Waals surface area contributed by atoms with E-state index in [-0.39, 0.29) is 14.7 Å². The first-order chi connectivity index (χ1) is 43.8. The van der Waals surface area contributed by atoms with Crippen LogP contribution in [0.15, 0.2) is 252 Å². The highest BCUT2D eigenvalue weighted by atomic mass is 32.2. The Morgan fingerprint density at radius 1 is 0.363 bits per heavy atom. The fraction of sp³-hybridized carbons (Fsp3) is 0.0857. The molecule has 0 aliphatic rings. The van der Waals surface area contributed by atoms with E-state index in [0.717, 1.165) is 27.3 Å². The number of nitrogens with one attached hydrogen (secondary N) is 2. The van der Waals surface area contributed by atoms with Crippen LogP contribution in [0, 0.1) is 13.8 Å². The van der Waals surface area contributed by atoms with Crippen molar-refractivity contribution in [3.8, 4) is 68.6 Å². The molecule has 462 valence electrons. The Labute approximate surface area is 527 Å². The topological polar surface area (TPSA) is 237 Å². The molecule has 0 radical (unpaired) electrons. The van der Waals surface area contributed by atoms with Crippen LogP contribution in [-0.4, -0.2) is 68.2 Å². The molecule has 0 amide bonds. The largest absolute Gasteiger partial charge is 0.493 e. The molecule has 0 unspecified atom stereocenters. The maximum absolute atomic E-state index is 13.2. The molecule has 18 nitrogen and oxygen atoms in total. The number of methoxy groups -OCH3 is 4. The van der Waals surface area contributed by atoms with Gasteiger partial charge >= 0.3 is 0 Å². The SMILES string of the molecule is COc1cc2nccc(Oc3ccc(NS(=O)(=O)c4cccc(Oc5ccccc5)c4)c(C)c3)c2cc1OC.COc1cc2nccc(Oc3ccc(NS(=O)(=O)c4cccc5ccccc45)c(C)c3)c2cc1OC.O=S(=O)(O)c1ccc(-c2ccccc2)cc1. The summed E-state index contributed by atoms with van der Waals surface area (Å²) in [6, 6.07) is 64.9. The molecule has 3 N–H and O–H groups in total. The van der Waals surface area contributed by atoms with Gasteiger partial charge in [0.15, 0.2) is 23.0 Å². The van der Waals surface area contributed by atoms with E-state index >= 15 is 0 Å². The number of hydrogen-bond donors (Lipinski definition) is 3. The minimum atomic E-state index is -4.10. The monoisotopic (exact) mass is 1280 g/mol. The zero-order valence-electron chi connectivity index (χ0n) is 49.9. The Hall–Kier alpha value is -10.7. The summed E-state index contributed by atoms with van der Waals surface area (Å²) in [4.78, 5) is 9.02. The zero-order valence-corrected chi connectivity index (χ0v) is 52.3. The third-order valence-corrected chi connectivity index (χ3v) is 17.8. The lowest BCUT2D eigenvalue weighted by Crippen LogP contribution is -2.14. The lowest BCUT2D eigenvalue weighted by molar-refractivity contribution is 0.355. The second kappa shape index (κ2) is 27.8. The van der Waals surface area contributed by atoms with Gasteiger partial charge in [0.05, 0.1) is 65.5 Å². The lowest BCUT2D eigenvalue weighted by atomic mass is 10.1. The number of aromatic nitrogens is 2. The minimum absolute atomic E-state index is 0.0864. The Morgan fingerprint density at radius 2 is 0.813 bits per heavy atom. The van der Waals surface area contributed by atoms with Crippen LogP contribution in [0.4, 0.5) is 11.4 Å². The molecule has 0 saturated heterocycles. The fourth-order valence-corrected chi connectivity index (χ4v) is 12.6. The van der Waals surface area contributed by atoms with Crippen molar-refractivity contribution < 1.29 is 63.0 Å². The highest BCUT2D eigenvalue weighted by molar-refractivity contribution is 7.93. The van der Waals surface area contributed by atoms with Crippen molar-refractivity contribution in [1.82, 2.24) is 9.97 Å². The number of aryl methyl sites for hydroxylation is 2. The summed E-state index contributed by atoms with van der Waals surface area (Å²) in [5.41, 5.74) is 5.60. The van der Waals surface area contributed by atoms with Crippen molar-refractivity contribution in [2.45, 2.75) is 28.5 Å². The van der Waals surface area contributed by atoms with Crippen LogP contribution in [0.25, 0.3) is 43.7 Å². The number of para-hydroxylation sites is 1. The Morgan fingerprint density at radius 3 is 1.34 bits per heavy atom. The number of benzene rings is 10. The van der Waals surface area contributed by atoms with Crippen molar-refractivity contribution in [3.63, 3.8) is 0 Å². The average Bonchev–Trinajstić information content (AvgIpc) is 1.12. The van der Waals surface area contributed by atoms with E-state index in [2.05, 4.69) is 19.4 Å². The predicted octanol–water partition coefficient (Wildman–Crippen LogP) is 15.9. The zero-order chi connectivity index (χ0) is 64.3. The first kappa shape index (κ1) is 63.3. The van der Waals surface area contributed by atoms with Crippen molar-refractivity contribution in [2.24, 2.45) is 0 Å². The number of sulfonamides is 2. The summed E-state index contributed by atoms with van der Waals surface area (Å²) in [5, 5.41) is 3.03. The predicted molar refractivity (Wildman–Crippen MR) is 352 cm³/mol. The van der Waals surface area contributed by atoms with Crippen molar-refractivity contribution in [3.05, 3.63) is 248 Å². The average molecular weight is 1280 g/mol. The summed E-state index contributed by atoms with van der Waals surface area (Å²) < 4.78 is 128. The molecule has 91 heavy (non-hydrogen) atoms. The number of hydrogen-bond acceptors (Lipinski definition) is 15. The quantitative estimate of drug-likeness (QED) is 0.0677. The van der Waals surface area contributed by atoms with Crippen molar-refractivity contribution in [2.75, 3.05) is 37.9 Å². The van der Waals surface area contributed by atoms with E-state index in [0.29, 0.717) is 96.4 Å². The van der Waals surface area contributed by atoms with Gasteiger partial charge < -0.3 is 33.2 Å². The summed E-state index contributed by atoms with van der Waals surface area (Å²) in [6.45, 7) is 3.63. The number of fused-ring (bicyclic) bond motifs is 3. The summed E-state index contributed by atoms with van der Waals surface area (Å²) in [6.07, 6.45) is 3.30. The number of ether oxygens (including phenoxy) is 7. The third-order valence-electron chi connectivity index (χ3n) is 14.1. The van der Waals surface area contributed by atoms with Crippen LogP contribution in [0.2, 0.25) is 0 Å². The Kier molecular flexibility index (Phi) is 19.3. The van der Waals surface area contributed by atoms with Crippen molar-refractivity contribution in [1.29, 1.82) is 0 Å². The van der Waals surface area contributed by atoms with E-state index < -0.39 is 30.2 Å². The highest BCUT2D eigenvalue weighted by Gasteiger charge is 2.21. The van der Waals surface area contributed by atoms with Crippen molar-refractivity contribution >= 4 is 74.1 Å². The molecule has 0 atom stereocenters. The standard InChI is InChI=1S/C30H26N2O6S.C28H24N2O5S.C12H10O3S/c1-20-16-23(38-28-14-15-31-27-19-30(36-3)29(35-2)18-25(27)28)12-13-26(20)32-39(33,34)24-11-7-10-22(17-24)37-21-8-5-4-6-9-21;1-18-15-20(35-25-13-14-29-24-17-27(34-3)26(33-2)16-22(24)25)11-12-23(18)30-36(31,32)28-10-6-8-19-7-4-5-9-21(19)28;13-16(14,15)12-8-6-11(7-9-12)10-4-2-1-3-5-10/h4-19,32H,1-3H3;4-17,30H,1-3H3;1-9H,(H,13,14,15). The van der Waals surface area contributed by atoms with E-state index in [9.17, 15) is 25.3 Å². The normalized spacial score (nSPS) is 11.3. The summed E-state index contributed by atoms with van der Waals surface area (Å²) in [5.74, 6) is 5.56. The van der Waals surface area contributed by atoms with E-state index in [4.69, 9.17) is 37.7 Å². The molecule has 12 aromatic rings. The van der Waals surface area contributed by atoms with Gasteiger partial charge in [-0.2, -0.15) is 8.42 Å². The first-order valence-electron chi connectivity index (χ1n) is 27.9. The molecule has 2 aromatic heterocycles. The maximum atomic E-state index is 13.2. The van der Waals surface area contributed by atoms with E-state index in [1.807, 2.05) is 91.9 Å². The van der Waals surface area contributed by atoms with E-state index in [1.54, 1.807) is 163 Å². The molecule has 0 fully saturated rings. The summed E-state index contributed by atoms with van der Waals surface area (Å²) in [7, 11) is -5.50. The maximum Gasteiger partial charge on any atom is 0.294 e. The molecular weight excluding hydrogens is 1220 g/mol. The Bertz CT molecular complexity index is 4940. The molecule has 0 aliphatic heterocycles. The first-order valence-corrected chi connectivity index (χ1v) is 32.3. The molecular formula is C70H60N4O14S3. The van der Waals surface area contributed by atoms with Gasteiger partial charge in [-0.1, -0.05) is 103 Å². The molecule has 2 heterocycles. The number of anilines is 2.